The maximum absolute atomic E-state index is 14.0. The van der Waals surface area contributed by atoms with E-state index < -0.39 is 28.5 Å². The van der Waals surface area contributed by atoms with Gasteiger partial charge in [-0.25, -0.2) is 8.42 Å². The van der Waals surface area contributed by atoms with Gasteiger partial charge in [-0.1, -0.05) is 54.2 Å². The van der Waals surface area contributed by atoms with Gasteiger partial charge in [-0.05, 0) is 79.9 Å². The lowest BCUT2D eigenvalue weighted by Gasteiger charge is -2.32. The highest BCUT2D eigenvalue weighted by molar-refractivity contribution is 7.92. The molecule has 1 aliphatic rings. The number of hydrogen-bond donors (Lipinski definition) is 1. The van der Waals surface area contributed by atoms with E-state index in [1.165, 1.54) is 42.3 Å². The third-order valence-electron chi connectivity index (χ3n) is 7.16. The Hall–Kier alpha value is -3.27. The van der Waals surface area contributed by atoms with Crippen LogP contribution in [0.3, 0.4) is 0 Å². The number of carbonyl (C=O) groups excluding carboxylic acids is 2. The molecule has 218 valence electrons. The lowest BCUT2D eigenvalue weighted by Crippen LogP contribution is -2.52. The van der Waals surface area contributed by atoms with E-state index in [4.69, 9.17) is 27.9 Å². The number of sulfonamides is 1. The van der Waals surface area contributed by atoms with Crippen molar-refractivity contribution in [2.45, 2.75) is 56.1 Å². The lowest BCUT2D eigenvalue weighted by molar-refractivity contribution is -0.139. The molecule has 3 aromatic carbocycles. The molecule has 1 aliphatic carbocycles. The summed E-state index contributed by atoms with van der Waals surface area (Å²) in [5.74, 6) is -0.344. The van der Waals surface area contributed by atoms with Crippen LogP contribution in [-0.4, -0.2) is 50.9 Å². The molecule has 1 N–H and O–H groups in total. The Balaban J connectivity index is 1.68. The van der Waals surface area contributed by atoms with Crippen LogP contribution in [0.1, 0.15) is 38.2 Å². The first-order chi connectivity index (χ1) is 19.6. The van der Waals surface area contributed by atoms with Gasteiger partial charge in [-0.2, -0.15) is 0 Å². The van der Waals surface area contributed by atoms with Crippen molar-refractivity contribution in [3.8, 4) is 5.75 Å². The van der Waals surface area contributed by atoms with Crippen molar-refractivity contribution in [1.29, 1.82) is 0 Å². The van der Waals surface area contributed by atoms with Gasteiger partial charge in [0.25, 0.3) is 10.0 Å². The summed E-state index contributed by atoms with van der Waals surface area (Å²) in [4.78, 5) is 28.7. The average molecular weight is 619 g/mol. The van der Waals surface area contributed by atoms with Crippen molar-refractivity contribution >= 4 is 50.7 Å². The first-order valence-electron chi connectivity index (χ1n) is 13.3. The summed E-state index contributed by atoms with van der Waals surface area (Å²) in [5, 5.41) is 3.90. The Bertz CT molecular complexity index is 1460. The fourth-order valence-corrected chi connectivity index (χ4v) is 6.51. The van der Waals surface area contributed by atoms with Gasteiger partial charge in [0.05, 0.1) is 17.7 Å². The summed E-state index contributed by atoms with van der Waals surface area (Å²) >= 11 is 12.3. The van der Waals surface area contributed by atoms with Crippen LogP contribution in [-0.2, 0) is 26.2 Å². The topological polar surface area (TPSA) is 96.0 Å². The van der Waals surface area contributed by atoms with Gasteiger partial charge in [0.2, 0.25) is 11.8 Å². The Kier molecular flexibility index (Phi) is 10.2. The van der Waals surface area contributed by atoms with Crippen molar-refractivity contribution in [2.75, 3.05) is 18.0 Å². The summed E-state index contributed by atoms with van der Waals surface area (Å²) in [6.45, 7) is 1.18. The second-order valence-electron chi connectivity index (χ2n) is 9.98. The number of benzene rings is 3. The standard InChI is InChI=1S/C30H33Cl2N3O5S/c1-21(30(37)33-25-7-3-4-8-25)34(19-22-10-12-23(31)13-11-22)29(36)20-35(26-9-5-6-24(32)18-26)41(38,39)28-16-14-27(40-2)15-17-28/h5-6,9-18,21,25H,3-4,7-8,19-20H2,1-2H3,(H,33,37)/t21-/m0/s1. The fraction of sp³-hybridized carbons (Fsp3) is 0.333. The number of nitrogens with one attached hydrogen (secondary N) is 1. The number of ether oxygens (including phenoxy) is 1. The third-order valence-corrected chi connectivity index (χ3v) is 9.43. The number of amides is 2. The minimum Gasteiger partial charge on any atom is -0.497 e. The number of anilines is 1. The smallest absolute Gasteiger partial charge is 0.264 e. The van der Waals surface area contributed by atoms with Crippen LogP contribution >= 0.6 is 23.2 Å². The van der Waals surface area contributed by atoms with Gasteiger partial charge in [0, 0.05) is 22.6 Å². The van der Waals surface area contributed by atoms with Crippen LogP contribution in [0.2, 0.25) is 10.0 Å². The van der Waals surface area contributed by atoms with E-state index in [0.717, 1.165) is 35.6 Å². The van der Waals surface area contributed by atoms with Crippen molar-refractivity contribution in [1.82, 2.24) is 10.2 Å². The van der Waals surface area contributed by atoms with E-state index in [2.05, 4.69) is 5.32 Å². The molecule has 0 aromatic heterocycles. The molecule has 3 aromatic rings. The van der Waals surface area contributed by atoms with Crippen LogP contribution in [0.15, 0.2) is 77.7 Å². The number of halogens is 2. The number of carbonyl (C=O) groups is 2. The van der Waals surface area contributed by atoms with Crippen molar-refractivity contribution < 1.29 is 22.7 Å². The van der Waals surface area contributed by atoms with Gasteiger partial charge in [-0.15, -0.1) is 0 Å². The van der Waals surface area contributed by atoms with Gasteiger partial charge in [0.15, 0.2) is 0 Å². The highest BCUT2D eigenvalue weighted by Gasteiger charge is 2.33. The second kappa shape index (κ2) is 13.6. The molecule has 41 heavy (non-hydrogen) atoms. The van der Waals surface area contributed by atoms with E-state index in [1.807, 2.05) is 0 Å². The fourth-order valence-electron chi connectivity index (χ4n) is 4.80. The molecule has 1 atom stereocenters. The quantitative estimate of drug-likeness (QED) is 0.299. The van der Waals surface area contributed by atoms with E-state index in [-0.39, 0.29) is 29.1 Å². The number of rotatable bonds is 11. The SMILES string of the molecule is COc1ccc(S(=O)(=O)N(CC(=O)N(Cc2ccc(Cl)cc2)[C@@H](C)C(=O)NC2CCCC2)c2cccc(Cl)c2)cc1. The first-order valence-corrected chi connectivity index (χ1v) is 15.5. The second-order valence-corrected chi connectivity index (χ2v) is 12.7. The number of methoxy groups -OCH3 is 1. The molecule has 1 saturated carbocycles. The Morgan fingerprint density at radius 3 is 2.24 bits per heavy atom. The summed E-state index contributed by atoms with van der Waals surface area (Å²) in [6, 6.07) is 18.3. The first kappa shape index (κ1) is 30.7. The largest absolute Gasteiger partial charge is 0.497 e. The molecule has 8 nitrogen and oxygen atoms in total. The van der Waals surface area contributed by atoms with E-state index >= 15 is 0 Å². The number of nitrogens with zero attached hydrogens (tertiary/aromatic N) is 2. The Morgan fingerprint density at radius 2 is 1.63 bits per heavy atom. The van der Waals surface area contributed by atoms with Crippen LogP contribution in [0.5, 0.6) is 5.75 Å². The minimum atomic E-state index is -4.21. The highest BCUT2D eigenvalue weighted by Crippen LogP contribution is 2.28. The van der Waals surface area contributed by atoms with Gasteiger partial charge in [-0.3, -0.25) is 13.9 Å². The predicted molar refractivity (Wildman–Crippen MR) is 161 cm³/mol. The average Bonchev–Trinajstić information content (AvgIpc) is 3.48. The molecular weight excluding hydrogens is 585 g/mol. The van der Waals surface area contributed by atoms with Crippen molar-refractivity contribution in [2.24, 2.45) is 0 Å². The maximum atomic E-state index is 14.0. The van der Waals surface area contributed by atoms with Crippen LogP contribution in [0, 0.1) is 0 Å². The lowest BCUT2D eigenvalue weighted by atomic mass is 10.1. The molecular formula is C30H33Cl2N3O5S. The summed E-state index contributed by atoms with van der Waals surface area (Å²) in [7, 11) is -2.73. The minimum absolute atomic E-state index is 0.0256. The molecule has 11 heteroatoms. The Morgan fingerprint density at radius 1 is 0.976 bits per heavy atom. The summed E-state index contributed by atoms with van der Waals surface area (Å²) in [6.07, 6.45) is 3.88. The molecule has 0 aliphatic heterocycles. The van der Waals surface area contributed by atoms with E-state index in [9.17, 15) is 18.0 Å². The van der Waals surface area contributed by atoms with Gasteiger partial charge >= 0.3 is 0 Å². The molecule has 0 saturated heterocycles. The van der Waals surface area contributed by atoms with Gasteiger partial charge in [0.1, 0.15) is 18.3 Å². The molecule has 0 radical (unpaired) electrons. The zero-order valence-electron chi connectivity index (χ0n) is 22.9. The monoisotopic (exact) mass is 617 g/mol. The molecule has 0 heterocycles. The zero-order chi connectivity index (χ0) is 29.6. The van der Waals surface area contributed by atoms with Crippen LogP contribution < -0.4 is 14.4 Å². The van der Waals surface area contributed by atoms with Crippen LogP contribution in [0.4, 0.5) is 5.69 Å². The van der Waals surface area contributed by atoms with E-state index in [1.54, 1.807) is 49.4 Å². The van der Waals surface area contributed by atoms with E-state index in [0.29, 0.717) is 15.8 Å². The highest BCUT2D eigenvalue weighted by atomic mass is 35.5. The summed E-state index contributed by atoms with van der Waals surface area (Å²) in [5.41, 5.74) is 0.965. The molecule has 0 spiro atoms. The molecule has 2 amide bonds. The summed E-state index contributed by atoms with van der Waals surface area (Å²) < 4.78 is 34.0. The number of hydrogen-bond acceptors (Lipinski definition) is 5. The zero-order valence-corrected chi connectivity index (χ0v) is 25.3. The normalized spacial score (nSPS) is 14.3. The third kappa shape index (κ3) is 7.72. The van der Waals surface area contributed by atoms with Crippen molar-refractivity contribution in [3.63, 3.8) is 0 Å². The Labute approximate surface area is 251 Å². The van der Waals surface area contributed by atoms with Crippen LogP contribution in [0.25, 0.3) is 0 Å². The molecule has 1 fully saturated rings. The molecule has 0 bridgehead atoms. The predicted octanol–water partition coefficient (Wildman–Crippen LogP) is 5.67. The van der Waals surface area contributed by atoms with Crippen molar-refractivity contribution in [3.05, 3.63) is 88.4 Å². The van der Waals surface area contributed by atoms with Gasteiger partial charge < -0.3 is 15.0 Å². The maximum Gasteiger partial charge on any atom is 0.264 e. The molecule has 0 unspecified atom stereocenters. The molecule has 4 rings (SSSR count).